The lowest BCUT2D eigenvalue weighted by molar-refractivity contribution is -0.136. The van der Waals surface area contributed by atoms with Crippen LogP contribution in [0.15, 0.2) is 36.7 Å². The molecular formula is C15H17N3O2. The second kappa shape index (κ2) is 6.14. The van der Waals surface area contributed by atoms with Gasteiger partial charge in [0.05, 0.1) is 12.1 Å². The summed E-state index contributed by atoms with van der Waals surface area (Å²) in [5.41, 5.74) is 3.05. The van der Waals surface area contributed by atoms with Crippen molar-refractivity contribution in [2.75, 3.05) is 18.5 Å². The van der Waals surface area contributed by atoms with Crippen molar-refractivity contribution in [3.8, 4) is 11.3 Å². The molecule has 2 aromatic rings. The highest BCUT2D eigenvalue weighted by Gasteiger charge is 2.07. The van der Waals surface area contributed by atoms with E-state index in [4.69, 9.17) is 5.11 Å². The number of carboxylic acid groups (broad SMARTS) is 1. The smallest absolute Gasteiger partial charge is 0.305 e. The van der Waals surface area contributed by atoms with Crippen molar-refractivity contribution < 1.29 is 9.90 Å². The van der Waals surface area contributed by atoms with Crippen LogP contribution >= 0.6 is 0 Å². The van der Waals surface area contributed by atoms with Gasteiger partial charge in [-0.05, 0) is 6.92 Å². The minimum Gasteiger partial charge on any atom is -0.481 e. The fraction of sp³-hybridized carbons (Fsp3) is 0.267. The van der Waals surface area contributed by atoms with Gasteiger partial charge in [-0.15, -0.1) is 0 Å². The molecule has 5 nitrogen and oxygen atoms in total. The SMILES string of the molecule is Cc1ccc(-c2cc(N(C)CCC(=O)O)ncn2)cc1. The second-order valence-electron chi connectivity index (χ2n) is 4.69. The van der Waals surface area contributed by atoms with E-state index in [2.05, 4.69) is 9.97 Å². The molecule has 104 valence electrons. The standard InChI is InChI=1S/C15H17N3O2/c1-11-3-5-12(6-4-11)13-9-14(17-10-16-13)18(2)8-7-15(19)20/h3-6,9-10H,7-8H2,1-2H3,(H,19,20). The van der Waals surface area contributed by atoms with Gasteiger partial charge in [-0.25, -0.2) is 9.97 Å². The normalized spacial score (nSPS) is 10.3. The molecule has 1 N–H and O–H groups in total. The number of nitrogens with zero attached hydrogens (tertiary/aromatic N) is 3. The number of aryl methyl sites for hydroxylation is 1. The van der Waals surface area contributed by atoms with E-state index in [-0.39, 0.29) is 6.42 Å². The highest BCUT2D eigenvalue weighted by atomic mass is 16.4. The molecule has 0 atom stereocenters. The first-order valence-electron chi connectivity index (χ1n) is 6.38. The molecule has 0 bridgehead atoms. The maximum absolute atomic E-state index is 10.6. The number of hydrogen-bond donors (Lipinski definition) is 1. The average Bonchev–Trinajstić information content (AvgIpc) is 2.45. The van der Waals surface area contributed by atoms with Crippen LogP contribution in [0.5, 0.6) is 0 Å². The highest BCUT2D eigenvalue weighted by Crippen LogP contribution is 2.20. The van der Waals surface area contributed by atoms with Crippen LogP contribution in [0.2, 0.25) is 0 Å². The van der Waals surface area contributed by atoms with Crippen LogP contribution in [-0.4, -0.2) is 34.6 Å². The Bertz CT molecular complexity index is 596. The Morgan fingerprint density at radius 3 is 2.60 bits per heavy atom. The molecule has 1 heterocycles. The van der Waals surface area contributed by atoms with Gasteiger partial charge in [0, 0.05) is 25.2 Å². The second-order valence-corrected chi connectivity index (χ2v) is 4.69. The maximum Gasteiger partial charge on any atom is 0.305 e. The Hall–Kier alpha value is -2.43. The van der Waals surface area contributed by atoms with Gasteiger partial charge in [0.2, 0.25) is 0 Å². The lowest BCUT2D eigenvalue weighted by atomic mass is 10.1. The zero-order valence-corrected chi connectivity index (χ0v) is 11.6. The van der Waals surface area contributed by atoms with E-state index < -0.39 is 5.97 Å². The van der Waals surface area contributed by atoms with Gasteiger partial charge >= 0.3 is 5.97 Å². The summed E-state index contributed by atoms with van der Waals surface area (Å²) in [7, 11) is 1.82. The van der Waals surface area contributed by atoms with Gasteiger partial charge in [0.1, 0.15) is 12.1 Å². The van der Waals surface area contributed by atoms with Crippen LogP contribution in [-0.2, 0) is 4.79 Å². The van der Waals surface area contributed by atoms with Gasteiger partial charge in [-0.2, -0.15) is 0 Å². The lowest BCUT2D eigenvalue weighted by Crippen LogP contribution is -2.22. The first-order chi connectivity index (χ1) is 9.56. The van der Waals surface area contributed by atoms with Crippen molar-refractivity contribution in [3.63, 3.8) is 0 Å². The average molecular weight is 271 g/mol. The minimum atomic E-state index is -0.815. The molecular weight excluding hydrogens is 254 g/mol. The van der Waals surface area contributed by atoms with Gasteiger partial charge in [0.25, 0.3) is 0 Å². The van der Waals surface area contributed by atoms with Crippen LogP contribution in [0.4, 0.5) is 5.82 Å². The first kappa shape index (κ1) is 14.0. The van der Waals surface area contributed by atoms with Crippen LogP contribution in [0.3, 0.4) is 0 Å². The number of hydrogen-bond acceptors (Lipinski definition) is 4. The molecule has 5 heteroatoms. The number of rotatable bonds is 5. The highest BCUT2D eigenvalue weighted by molar-refractivity contribution is 5.68. The Morgan fingerprint density at radius 1 is 1.25 bits per heavy atom. The number of anilines is 1. The Kier molecular flexibility index (Phi) is 4.30. The third-order valence-electron chi connectivity index (χ3n) is 3.05. The summed E-state index contributed by atoms with van der Waals surface area (Å²) in [6.07, 6.45) is 1.59. The number of carboxylic acids is 1. The molecule has 0 saturated heterocycles. The van der Waals surface area contributed by atoms with E-state index in [0.29, 0.717) is 6.54 Å². The molecule has 2 rings (SSSR count). The maximum atomic E-state index is 10.6. The van der Waals surface area contributed by atoms with E-state index in [1.807, 2.05) is 49.2 Å². The van der Waals surface area contributed by atoms with Crippen molar-refractivity contribution in [3.05, 3.63) is 42.2 Å². The predicted molar refractivity (Wildman–Crippen MR) is 77.7 cm³/mol. The summed E-state index contributed by atoms with van der Waals surface area (Å²) in [6, 6.07) is 9.96. The molecule has 20 heavy (non-hydrogen) atoms. The molecule has 0 aliphatic rings. The Labute approximate surface area is 117 Å². The quantitative estimate of drug-likeness (QED) is 0.904. The van der Waals surface area contributed by atoms with Gasteiger partial charge in [-0.3, -0.25) is 4.79 Å². The van der Waals surface area contributed by atoms with Gasteiger partial charge < -0.3 is 10.0 Å². The fourth-order valence-electron chi connectivity index (χ4n) is 1.82. The Balaban J connectivity index is 2.19. The zero-order valence-electron chi connectivity index (χ0n) is 11.6. The summed E-state index contributed by atoms with van der Waals surface area (Å²) >= 11 is 0. The zero-order chi connectivity index (χ0) is 14.5. The molecule has 0 fully saturated rings. The molecule has 1 aromatic heterocycles. The monoisotopic (exact) mass is 271 g/mol. The van der Waals surface area contributed by atoms with Crippen molar-refractivity contribution in [2.24, 2.45) is 0 Å². The number of benzene rings is 1. The van der Waals surface area contributed by atoms with E-state index in [1.165, 1.54) is 11.9 Å². The number of aromatic nitrogens is 2. The van der Waals surface area contributed by atoms with Crippen LogP contribution in [0.25, 0.3) is 11.3 Å². The minimum absolute atomic E-state index is 0.0837. The molecule has 0 saturated carbocycles. The predicted octanol–water partition coefficient (Wildman–Crippen LogP) is 2.36. The van der Waals surface area contributed by atoms with Crippen LogP contribution < -0.4 is 4.90 Å². The van der Waals surface area contributed by atoms with E-state index >= 15 is 0 Å². The van der Waals surface area contributed by atoms with Crippen molar-refractivity contribution in [1.82, 2.24) is 9.97 Å². The Morgan fingerprint density at radius 2 is 1.95 bits per heavy atom. The largest absolute Gasteiger partial charge is 0.481 e. The molecule has 0 aliphatic carbocycles. The topological polar surface area (TPSA) is 66.3 Å². The van der Waals surface area contributed by atoms with E-state index in [9.17, 15) is 4.79 Å². The van der Waals surface area contributed by atoms with Crippen molar-refractivity contribution >= 4 is 11.8 Å². The fourth-order valence-corrected chi connectivity index (χ4v) is 1.82. The summed E-state index contributed by atoms with van der Waals surface area (Å²) in [6.45, 7) is 2.45. The summed E-state index contributed by atoms with van der Waals surface area (Å²) in [4.78, 5) is 20.9. The summed E-state index contributed by atoms with van der Waals surface area (Å²) in [5.74, 6) is -0.0958. The molecule has 0 amide bonds. The van der Waals surface area contributed by atoms with Crippen molar-refractivity contribution in [2.45, 2.75) is 13.3 Å². The first-order valence-corrected chi connectivity index (χ1v) is 6.38. The third kappa shape index (κ3) is 3.54. The molecule has 0 aliphatic heterocycles. The van der Waals surface area contributed by atoms with Crippen LogP contribution in [0, 0.1) is 6.92 Å². The van der Waals surface area contributed by atoms with Crippen molar-refractivity contribution in [1.29, 1.82) is 0 Å². The van der Waals surface area contributed by atoms with Gasteiger partial charge in [-0.1, -0.05) is 29.8 Å². The lowest BCUT2D eigenvalue weighted by Gasteiger charge is -2.17. The molecule has 0 unspecified atom stereocenters. The number of carbonyl (C=O) groups is 1. The van der Waals surface area contributed by atoms with Gasteiger partial charge in [0.15, 0.2) is 0 Å². The van der Waals surface area contributed by atoms with Crippen LogP contribution in [0.1, 0.15) is 12.0 Å². The van der Waals surface area contributed by atoms with E-state index in [1.54, 1.807) is 0 Å². The summed E-state index contributed by atoms with van der Waals surface area (Å²) < 4.78 is 0. The van der Waals surface area contributed by atoms with E-state index in [0.717, 1.165) is 17.1 Å². The third-order valence-corrected chi connectivity index (χ3v) is 3.05. The summed E-state index contributed by atoms with van der Waals surface area (Å²) in [5, 5.41) is 8.71. The molecule has 1 aromatic carbocycles. The molecule has 0 radical (unpaired) electrons. The molecule has 0 spiro atoms. The number of aliphatic carboxylic acids is 1.